The summed E-state index contributed by atoms with van der Waals surface area (Å²) in [4.78, 5) is 17.0. The Morgan fingerprint density at radius 1 is 1.00 bits per heavy atom. The predicted octanol–water partition coefficient (Wildman–Crippen LogP) is 5.87. The molecule has 0 spiro atoms. The molecule has 4 aromatic rings. The first-order chi connectivity index (χ1) is 14.6. The molecular weight excluding hydrogens is 425 g/mol. The second kappa shape index (κ2) is 8.98. The monoisotopic (exact) mass is 439 g/mol. The van der Waals surface area contributed by atoms with Crippen molar-refractivity contribution < 1.29 is 14.1 Å². The van der Waals surface area contributed by atoms with E-state index in [0.717, 1.165) is 0 Å². The third kappa shape index (κ3) is 4.62. The van der Waals surface area contributed by atoms with Crippen molar-refractivity contribution in [2.24, 2.45) is 0 Å². The van der Waals surface area contributed by atoms with Crippen molar-refractivity contribution in [3.63, 3.8) is 0 Å². The molecule has 30 heavy (non-hydrogen) atoms. The van der Waals surface area contributed by atoms with Crippen LogP contribution in [0.15, 0.2) is 77.3 Å². The molecule has 0 radical (unpaired) electrons. The second-order valence-corrected chi connectivity index (χ2v) is 7.08. The minimum atomic E-state index is -0.378. The number of hydrogen-bond donors (Lipinski definition) is 1. The van der Waals surface area contributed by atoms with Gasteiger partial charge in [0.05, 0.1) is 21.8 Å². The number of para-hydroxylation sites is 2. The van der Waals surface area contributed by atoms with Crippen molar-refractivity contribution in [1.29, 1.82) is 0 Å². The fourth-order valence-corrected chi connectivity index (χ4v) is 3.22. The highest BCUT2D eigenvalue weighted by Crippen LogP contribution is 2.28. The molecule has 4 rings (SSSR count). The highest BCUT2D eigenvalue weighted by molar-refractivity contribution is 6.37. The van der Waals surface area contributed by atoms with Gasteiger partial charge in [0.2, 0.25) is 5.82 Å². The third-order valence-corrected chi connectivity index (χ3v) is 4.71. The van der Waals surface area contributed by atoms with Crippen molar-refractivity contribution in [3.05, 3.63) is 94.2 Å². The average molecular weight is 440 g/mol. The zero-order valence-corrected chi connectivity index (χ0v) is 17.0. The van der Waals surface area contributed by atoms with Gasteiger partial charge in [0.1, 0.15) is 5.75 Å². The third-order valence-electron chi connectivity index (χ3n) is 4.16. The van der Waals surface area contributed by atoms with Gasteiger partial charge in [-0.25, -0.2) is 0 Å². The smallest absolute Gasteiger partial charge is 0.260 e. The Morgan fingerprint density at radius 3 is 2.57 bits per heavy atom. The fraction of sp³-hybridized carbons (Fsp3) is 0.0455. The number of anilines is 1. The van der Waals surface area contributed by atoms with Crippen molar-refractivity contribution >= 4 is 34.8 Å². The fourth-order valence-electron chi connectivity index (χ4n) is 2.73. The van der Waals surface area contributed by atoms with Crippen molar-refractivity contribution in [2.45, 2.75) is 6.61 Å². The molecular formula is C22H15Cl2N3O3. The van der Waals surface area contributed by atoms with E-state index in [-0.39, 0.29) is 23.4 Å². The lowest BCUT2D eigenvalue weighted by Gasteiger charge is -2.09. The van der Waals surface area contributed by atoms with E-state index in [1.54, 1.807) is 30.3 Å². The molecule has 0 aliphatic rings. The van der Waals surface area contributed by atoms with Crippen LogP contribution in [0.5, 0.6) is 5.75 Å². The molecule has 6 nitrogen and oxygen atoms in total. The zero-order valence-electron chi connectivity index (χ0n) is 15.5. The van der Waals surface area contributed by atoms with E-state index < -0.39 is 0 Å². The number of rotatable bonds is 6. The summed E-state index contributed by atoms with van der Waals surface area (Å²) in [6, 6.07) is 21.1. The van der Waals surface area contributed by atoms with Gasteiger partial charge in [-0.05, 0) is 42.5 Å². The van der Waals surface area contributed by atoms with Crippen LogP contribution < -0.4 is 10.1 Å². The van der Waals surface area contributed by atoms with E-state index in [4.69, 9.17) is 32.5 Å². The van der Waals surface area contributed by atoms with E-state index in [0.29, 0.717) is 33.4 Å². The summed E-state index contributed by atoms with van der Waals surface area (Å²) in [6.07, 6.45) is 0. The predicted molar refractivity (Wildman–Crippen MR) is 115 cm³/mol. The van der Waals surface area contributed by atoms with Gasteiger partial charge in [0.15, 0.2) is 6.61 Å². The molecule has 0 aliphatic carbocycles. The molecule has 0 unspecified atom stereocenters. The number of carbonyl (C=O) groups is 1. The first-order valence-electron chi connectivity index (χ1n) is 8.96. The Balaban J connectivity index is 1.52. The number of ether oxygens (including phenoxy) is 1. The largest absolute Gasteiger partial charge is 0.485 e. The molecule has 150 valence electrons. The number of aromatic nitrogens is 2. The molecule has 1 aromatic heterocycles. The first kappa shape index (κ1) is 19.9. The number of hydrogen-bond acceptors (Lipinski definition) is 5. The highest BCUT2D eigenvalue weighted by atomic mass is 35.5. The van der Waals surface area contributed by atoms with Crippen LogP contribution in [0.3, 0.4) is 0 Å². The summed E-state index contributed by atoms with van der Waals surface area (Å²) in [7, 11) is 0. The molecule has 1 heterocycles. The van der Waals surface area contributed by atoms with Crippen molar-refractivity contribution in [1.82, 2.24) is 10.1 Å². The summed E-state index contributed by atoms with van der Waals surface area (Å²) in [6.45, 7) is 0.155. The number of carbonyl (C=O) groups excluding carboxylic acids is 1. The van der Waals surface area contributed by atoms with E-state index in [2.05, 4.69) is 15.5 Å². The van der Waals surface area contributed by atoms with Crippen LogP contribution >= 0.6 is 23.2 Å². The van der Waals surface area contributed by atoms with Crippen molar-refractivity contribution in [2.75, 3.05) is 5.32 Å². The summed E-state index contributed by atoms with van der Waals surface area (Å²) < 4.78 is 11.0. The minimum absolute atomic E-state index is 0.155. The molecule has 0 atom stereocenters. The van der Waals surface area contributed by atoms with Crippen molar-refractivity contribution in [3.8, 4) is 17.2 Å². The Bertz CT molecular complexity index is 1180. The van der Waals surface area contributed by atoms with Crippen LogP contribution in [0.2, 0.25) is 10.0 Å². The first-order valence-corrected chi connectivity index (χ1v) is 9.72. The van der Waals surface area contributed by atoms with Gasteiger partial charge in [-0.2, -0.15) is 4.98 Å². The molecule has 8 heteroatoms. The molecule has 0 bridgehead atoms. The Morgan fingerprint density at radius 2 is 1.77 bits per heavy atom. The Labute approximate surface area is 182 Å². The van der Waals surface area contributed by atoms with Crippen LogP contribution in [0.4, 0.5) is 5.69 Å². The average Bonchev–Trinajstić information content (AvgIpc) is 3.22. The number of amides is 1. The molecule has 0 aliphatic heterocycles. The highest BCUT2D eigenvalue weighted by Gasteiger charge is 2.17. The lowest BCUT2D eigenvalue weighted by atomic mass is 10.1. The molecule has 0 saturated heterocycles. The summed E-state index contributed by atoms with van der Waals surface area (Å²) in [5, 5.41) is 7.49. The van der Waals surface area contributed by atoms with Gasteiger partial charge >= 0.3 is 0 Å². The van der Waals surface area contributed by atoms with Gasteiger partial charge in [-0.1, -0.05) is 58.7 Å². The van der Waals surface area contributed by atoms with Crippen LogP contribution in [0.1, 0.15) is 16.2 Å². The molecule has 0 fully saturated rings. The Kier molecular flexibility index (Phi) is 5.97. The topological polar surface area (TPSA) is 77.2 Å². The van der Waals surface area contributed by atoms with Crippen LogP contribution in [0, 0.1) is 0 Å². The summed E-state index contributed by atoms with van der Waals surface area (Å²) in [5.74, 6) is 0.975. The maximum absolute atomic E-state index is 12.7. The zero-order chi connectivity index (χ0) is 20.9. The van der Waals surface area contributed by atoms with Crippen LogP contribution in [0.25, 0.3) is 11.5 Å². The summed E-state index contributed by atoms with van der Waals surface area (Å²) >= 11 is 12.0. The lowest BCUT2D eigenvalue weighted by Crippen LogP contribution is -2.13. The molecule has 3 aromatic carbocycles. The van der Waals surface area contributed by atoms with E-state index in [1.165, 1.54) is 6.07 Å². The Hall–Kier alpha value is -3.35. The molecule has 1 amide bonds. The normalized spacial score (nSPS) is 10.6. The van der Waals surface area contributed by atoms with E-state index in [1.807, 2.05) is 36.4 Å². The molecule has 0 saturated carbocycles. The number of nitrogens with zero attached hydrogens (tertiary/aromatic N) is 2. The maximum atomic E-state index is 12.7. The van der Waals surface area contributed by atoms with E-state index in [9.17, 15) is 4.79 Å². The van der Waals surface area contributed by atoms with E-state index >= 15 is 0 Å². The number of nitrogens with one attached hydrogen (secondary N) is 1. The van der Waals surface area contributed by atoms with Gasteiger partial charge in [0.25, 0.3) is 11.8 Å². The number of benzene rings is 3. The van der Waals surface area contributed by atoms with Gasteiger partial charge < -0.3 is 14.6 Å². The minimum Gasteiger partial charge on any atom is -0.485 e. The maximum Gasteiger partial charge on any atom is 0.260 e. The second-order valence-electron chi connectivity index (χ2n) is 6.24. The number of halogens is 2. The van der Waals surface area contributed by atoms with Crippen LogP contribution in [-0.2, 0) is 6.61 Å². The van der Waals surface area contributed by atoms with Gasteiger partial charge in [-0.3, -0.25) is 4.79 Å². The lowest BCUT2D eigenvalue weighted by molar-refractivity contribution is 0.102. The summed E-state index contributed by atoms with van der Waals surface area (Å²) in [5.41, 5.74) is 1.39. The SMILES string of the molecule is O=C(Nc1ccccc1-c1nc(COc2ccccc2)no1)c1ccc(Cl)cc1Cl. The molecule has 1 N–H and O–H groups in total. The quantitative estimate of drug-likeness (QED) is 0.406. The standard InChI is InChI=1S/C22H15Cl2N3O3/c23-14-10-11-16(18(24)12-14)21(28)25-19-9-5-4-8-17(19)22-26-20(27-30-22)13-29-15-6-2-1-3-7-15/h1-12H,13H2,(H,25,28). The van der Waals surface area contributed by atoms with Crippen LogP contribution in [-0.4, -0.2) is 16.0 Å². The van der Waals surface area contributed by atoms with Gasteiger partial charge in [-0.15, -0.1) is 0 Å². The van der Waals surface area contributed by atoms with Gasteiger partial charge in [0, 0.05) is 5.02 Å².